The van der Waals surface area contributed by atoms with Crippen LogP contribution in [0.5, 0.6) is 0 Å². The van der Waals surface area contributed by atoms with Gasteiger partial charge in [-0.3, -0.25) is 14.8 Å². The second-order valence-electron chi connectivity index (χ2n) is 8.69. The lowest BCUT2D eigenvalue weighted by molar-refractivity contribution is -0.134. The van der Waals surface area contributed by atoms with Gasteiger partial charge in [-0.05, 0) is 40.8 Å². The van der Waals surface area contributed by atoms with Gasteiger partial charge in [0.1, 0.15) is 11.4 Å². The first kappa shape index (κ1) is 27.2. The third kappa shape index (κ3) is 7.24. The summed E-state index contributed by atoms with van der Waals surface area (Å²) < 4.78 is 28.2. The topological polar surface area (TPSA) is 112 Å². The molecule has 0 spiro atoms. The highest BCUT2D eigenvalue weighted by Gasteiger charge is 2.26. The molecular weight excluding hydrogens is 476 g/mol. The van der Waals surface area contributed by atoms with Gasteiger partial charge >= 0.3 is 5.97 Å². The van der Waals surface area contributed by atoms with Crippen molar-refractivity contribution in [3.63, 3.8) is 0 Å². The number of rotatable bonds is 9. The van der Waals surface area contributed by atoms with E-state index in [9.17, 15) is 13.2 Å². The van der Waals surface area contributed by atoms with Gasteiger partial charge < -0.3 is 10.4 Å². The second kappa shape index (κ2) is 11.4. The molecule has 10 heteroatoms. The molecule has 3 aromatic rings. The standard InChI is InChI=1S/C24H28N4O4S.ClH/c1-24(2,3)19-8-6-18(7-9-19)16-28(33(31,32)22-5-4-11-25-14-22)17-21-13-20(10-12-26-21)27-15-23(29)30;/h4-14H,15-17H2,1-3H3,(H,26,27)(H,29,30);1H. The van der Waals surface area contributed by atoms with Gasteiger partial charge in [-0.2, -0.15) is 4.31 Å². The highest BCUT2D eigenvalue weighted by Crippen LogP contribution is 2.25. The van der Waals surface area contributed by atoms with Crippen LogP contribution >= 0.6 is 12.4 Å². The molecule has 1 aromatic carbocycles. The van der Waals surface area contributed by atoms with Crippen LogP contribution in [0.4, 0.5) is 5.69 Å². The largest absolute Gasteiger partial charge is 0.480 e. The summed E-state index contributed by atoms with van der Waals surface area (Å²) in [6, 6.07) is 14.3. The number of nitrogens with one attached hydrogen (secondary N) is 1. The van der Waals surface area contributed by atoms with Crippen molar-refractivity contribution in [1.82, 2.24) is 14.3 Å². The molecule has 0 amide bonds. The molecule has 0 atom stereocenters. The number of aliphatic carboxylic acids is 1. The molecule has 0 aliphatic carbocycles. The van der Waals surface area contributed by atoms with Crippen LogP contribution in [0.1, 0.15) is 37.6 Å². The molecule has 0 unspecified atom stereocenters. The van der Waals surface area contributed by atoms with E-state index in [0.29, 0.717) is 11.4 Å². The lowest BCUT2D eigenvalue weighted by atomic mass is 9.87. The van der Waals surface area contributed by atoms with E-state index in [0.717, 1.165) is 11.1 Å². The molecule has 8 nitrogen and oxygen atoms in total. The summed E-state index contributed by atoms with van der Waals surface area (Å²) >= 11 is 0. The maximum Gasteiger partial charge on any atom is 0.322 e. The van der Waals surface area contributed by atoms with Crippen molar-refractivity contribution in [3.8, 4) is 0 Å². The molecule has 0 saturated carbocycles. The van der Waals surface area contributed by atoms with E-state index in [1.165, 1.54) is 29.0 Å². The number of halogens is 1. The van der Waals surface area contributed by atoms with Crippen LogP contribution in [-0.2, 0) is 33.3 Å². The van der Waals surface area contributed by atoms with Crippen LogP contribution in [0.3, 0.4) is 0 Å². The number of carboxylic acid groups (broad SMARTS) is 1. The zero-order valence-electron chi connectivity index (χ0n) is 19.3. The Labute approximate surface area is 206 Å². The second-order valence-corrected chi connectivity index (χ2v) is 10.6. The van der Waals surface area contributed by atoms with E-state index in [-0.39, 0.29) is 42.4 Å². The molecule has 2 heterocycles. The molecule has 3 rings (SSSR count). The maximum atomic E-state index is 13.4. The van der Waals surface area contributed by atoms with Crippen LogP contribution in [0.15, 0.2) is 72.0 Å². The molecule has 2 N–H and O–H groups in total. The molecular formula is C24H29ClN4O4S. The smallest absolute Gasteiger partial charge is 0.322 e. The first-order chi connectivity index (χ1) is 15.6. The van der Waals surface area contributed by atoms with Crippen molar-refractivity contribution in [2.24, 2.45) is 0 Å². The predicted octanol–water partition coefficient (Wildman–Crippen LogP) is 4.08. The van der Waals surface area contributed by atoms with Crippen molar-refractivity contribution in [1.29, 1.82) is 0 Å². The Bertz CT molecular complexity index is 1200. The summed E-state index contributed by atoms with van der Waals surface area (Å²) in [5.41, 5.74) is 3.04. The number of benzene rings is 1. The van der Waals surface area contributed by atoms with Crippen LogP contribution in [0.25, 0.3) is 0 Å². The molecule has 0 radical (unpaired) electrons. The summed E-state index contributed by atoms with van der Waals surface area (Å²) in [6.45, 7) is 6.28. The molecule has 0 bridgehead atoms. The third-order valence-corrected chi connectivity index (χ3v) is 6.82. The molecule has 0 aliphatic rings. The summed E-state index contributed by atoms with van der Waals surface area (Å²) in [7, 11) is -3.86. The Morgan fingerprint density at radius 3 is 2.35 bits per heavy atom. The summed E-state index contributed by atoms with van der Waals surface area (Å²) in [4.78, 5) is 19.2. The van der Waals surface area contributed by atoms with Crippen LogP contribution in [0.2, 0.25) is 0 Å². The fourth-order valence-electron chi connectivity index (χ4n) is 3.22. The zero-order chi connectivity index (χ0) is 24.1. The first-order valence-electron chi connectivity index (χ1n) is 10.5. The summed E-state index contributed by atoms with van der Waals surface area (Å²) in [6.07, 6.45) is 4.36. The lowest BCUT2D eigenvalue weighted by Gasteiger charge is -2.23. The van der Waals surface area contributed by atoms with Gasteiger partial charge in [0.25, 0.3) is 0 Å². The minimum absolute atomic E-state index is 0. The van der Waals surface area contributed by atoms with Gasteiger partial charge in [0, 0.05) is 30.8 Å². The highest BCUT2D eigenvalue weighted by atomic mass is 35.5. The van der Waals surface area contributed by atoms with Crippen molar-refractivity contribution in [2.75, 3.05) is 11.9 Å². The molecule has 0 fully saturated rings. The number of hydrogen-bond acceptors (Lipinski definition) is 6. The predicted molar refractivity (Wildman–Crippen MR) is 133 cm³/mol. The van der Waals surface area contributed by atoms with Gasteiger partial charge in [-0.15, -0.1) is 12.4 Å². The zero-order valence-corrected chi connectivity index (χ0v) is 20.9. The van der Waals surface area contributed by atoms with Crippen LogP contribution < -0.4 is 5.32 Å². The molecule has 2 aromatic heterocycles. The Morgan fingerprint density at radius 2 is 1.76 bits per heavy atom. The molecule has 182 valence electrons. The maximum absolute atomic E-state index is 13.4. The quantitative estimate of drug-likeness (QED) is 0.451. The van der Waals surface area contributed by atoms with E-state index in [2.05, 4.69) is 36.1 Å². The van der Waals surface area contributed by atoms with Crippen molar-refractivity contribution in [2.45, 2.75) is 44.2 Å². The fraction of sp³-hybridized carbons (Fsp3) is 0.292. The highest BCUT2D eigenvalue weighted by molar-refractivity contribution is 7.89. The number of hydrogen-bond donors (Lipinski definition) is 2. The minimum atomic E-state index is -3.86. The Kier molecular flexibility index (Phi) is 9.14. The van der Waals surface area contributed by atoms with Crippen molar-refractivity contribution < 1.29 is 18.3 Å². The number of nitrogens with zero attached hydrogens (tertiary/aromatic N) is 3. The van der Waals surface area contributed by atoms with Crippen molar-refractivity contribution in [3.05, 3.63) is 83.9 Å². The number of sulfonamides is 1. The van der Waals surface area contributed by atoms with Crippen LogP contribution in [-0.4, -0.2) is 40.3 Å². The number of anilines is 1. The van der Waals surface area contributed by atoms with E-state index in [4.69, 9.17) is 5.11 Å². The number of aromatic nitrogens is 2. The van der Waals surface area contributed by atoms with E-state index in [1.807, 2.05) is 24.3 Å². The van der Waals surface area contributed by atoms with Gasteiger partial charge in [-0.25, -0.2) is 8.42 Å². The molecule has 34 heavy (non-hydrogen) atoms. The van der Waals surface area contributed by atoms with E-state index in [1.54, 1.807) is 18.2 Å². The van der Waals surface area contributed by atoms with E-state index < -0.39 is 16.0 Å². The molecule has 0 aliphatic heterocycles. The van der Waals surface area contributed by atoms with Gasteiger partial charge in [-0.1, -0.05) is 45.0 Å². The summed E-state index contributed by atoms with van der Waals surface area (Å²) in [5, 5.41) is 11.7. The number of carboxylic acids is 1. The van der Waals surface area contributed by atoms with Crippen molar-refractivity contribution >= 4 is 34.1 Å². The van der Waals surface area contributed by atoms with Gasteiger partial charge in [0.05, 0.1) is 12.2 Å². The molecule has 0 saturated heterocycles. The normalized spacial score (nSPS) is 11.6. The fourth-order valence-corrected chi connectivity index (χ4v) is 4.59. The third-order valence-electron chi connectivity index (χ3n) is 5.05. The monoisotopic (exact) mass is 504 g/mol. The van der Waals surface area contributed by atoms with Crippen LogP contribution in [0, 0.1) is 0 Å². The average Bonchev–Trinajstić information content (AvgIpc) is 2.78. The first-order valence-corrected chi connectivity index (χ1v) is 11.9. The average molecular weight is 505 g/mol. The lowest BCUT2D eigenvalue weighted by Crippen LogP contribution is -2.30. The van der Waals surface area contributed by atoms with E-state index >= 15 is 0 Å². The SMILES string of the molecule is CC(C)(C)c1ccc(CN(Cc2cc(NCC(=O)O)ccn2)S(=O)(=O)c2cccnc2)cc1.Cl. The summed E-state index contributed by atoms with van der Waals surface area (Å²) in [5.74, 6) is -0.993. The van der Waals surface area contributed by atoms with Gasteiger partial charge in [0.15, 0.2) is 0 Å². The van der Waals surface area contributed by atoms with Gasteiger partial charge in [0.2, 0.25) is 10.0 Å². The Hall–Kier alpha value is -3.01. The number of carbonyl (C=O) groups is 1. The Balaban J connectivity index is 0.00000408. The minimum Gasteiger partial charge on any atom is -0.480 e. The Morgan fingerprint density at radius 1 is 1.06 bits per heavy atom. The number of pyridine rings is 2.